The quantitative estimate of drug-likeness (QED) is 0.483. The normalized spacial score (nSPS) is 14.3. The summed E-state index contributed by atoms with van der Waals surface area (Å²) in [4.78, 5) is 23.9. The van der Waals surface area contributed by atoms with Crippen LogP contribution in [0.15, 0.2) is 42.7 Å². The van der Waals surface area contributed by atoms with E-state index in [4.69, 9.17) is 18.9 Å². The third-order valence-electron chi connectivity index (χ3n) is 6.00. The lowest BCUT2D eigenvalue weighted by atomic mass is 9.90. The first-order valence-corrected chi connectivity index (χ1v) is 11.0. The number of carbonyl (C=O) groups is 1. The molecule has 4 rings (SSSR count). The maximum absolute atomic E-state index is 13.0. The Morgan fingerprint density at radius 1 is 0.970 bits per heavy atom. The van der Waals surface area contributed by atoms with Gasteiger partial charge in [-0.25, -0.2) is 9.97 Å². The number of ether oxygens (including phenoxy) is 4. The number of methoxy groups -OCH3 is 3. The highest BCUT2D eigenvalue weighted by molar-refractivity contribution is 5.94. The van der Waals surface area contributed by atoms with Gasteiger partial charge >= 0.3 is 0 Å². The Hall–Kier alpha value is -3.39. The van der Waals surface area contributed by atoms with E-state index in [9.17, 15) is 4.79 Å². The summed E-state index contributed by atoms with van der Waals surface area (Å²) in [5, 5.41) is 0.962. The van der Waals surface area contributed by atoms with Gasteiger partial charge in [-0.15, -0.1) is 0 Å². The zero-order chi connectivity index (χ0) is 23.2. The molecule has 174 valence electrons. The predicted molar refractivity (Wildman–Crippen MR) is 124 cm³/mol. The van der Waals surface area contributed by atoms with Gasteiger partial charge in [0.2, 0.25) is 0 Å². The number of fused-ring (bicyclic) bond motifs is 1. The van der Waals surface area contributed by atoms with Crippen molar-refractivity contribution in [2.24, 2.45) is 0 Å². The highest BCUT2D eigenvalue weighted by Gasteiger charge is 2.27. The molecule has 0 bridgehead atoms. The van der Waals surface area contributed by atoms with Crippen molar-refractivity contribution in [3.63, 3.8) is 0 Å². The fourth-order valence-electron chi connectivity index (χ4n) is 4.20. The highest BCUT2D eigenvalue weighted by Crippen LogP contribution is 2.36. The van der Waals surface area contributed by atoms with Crippen molar-refractivity contribution >= 4 is 16.8 Å². The van der Waals surface area contributed by atoms with Gasteiger partial charge in [0.15, 0.2) is 11.5 Å². The molecule has 0 saturated carbocycles. The summed E-state index contributed by atoms with van der Waals surface area (Å²) in [5.74, 6) is 2.31. The van der Waals surface area contributed by atoms with E-state index in [1.165, 1.54) is 0 Å². The molecule has 8 heteroatoms. The number of rotatable bonds is 8. The van der Waals surface area contributed by atoms with Crippen molar-refractivity contribution in [3.8, 4) is 17.2 Å². The molecule has 2 heterocycles. The van der Waals surface area contributed by atoms with Crippen LogP contribution < -0.4 is 14.2 Å². The first-order valence-electron chi connectivity index (χ1n) is 11.0. The first kappa shape index (κ1) is 22.8. The standard InChI is InChI=1S/C25H29N3O5/c1-30-12-13-33-19-6-4-18(5-7-19)25(29)28-10-8-17(9-11-28)24-20-14-22(31-2)23(32-3)15-21(20)26-16-27-24/h4-7,14-17H,8-13H2,1-3H3. The maximum Gasteiger partial charge on any atom is 0.253 e. The second kappa shape index (κ2) is 10.5. The largest absolute Gasteiger partial charge is 0.493 e. The molecule has 3 aromatic rings. The molecule has 0 atom stereocenters. The highest BCUT2D eigenvalue weighted by atomic mass is 16.5. The van der Waals surface area contributed by atoms with Gasteiger partial charge < -0.3 is 23.8 Å². The van der Waals surface area contributed by atoms with E-state index in [2.05, 4.69) is 9.97 Å². The molecule has 1 aliphatic rings. The third-order valence-corrected chi connectivity index (χ3v) is 6.00. The predicted octanol–water partition coefficient (Wildman–Crippen LogP) is 3.69. The summed E-state index contributed by atoms with van der Waals surface area (Å²) in [7, 11) is 4.87. The molecule has 1 fully saturated rings. The van der Waals surface area contributed by atoms with Crippen molar-refractivity contribution in [2.45, 2.75) is 18.8 Å². The van der Waals surface area contributed by atoms with E-state index < -0.39 is 0 Å². The van der Waals surface area contributed by atoms with Crippen LogP contribution in [0.2, 0.25) is 0 Å². The summed E-state index contributed by atoms with van der Waals surface area (Å²) in [6, 6.07) is 11.1. The zero-order valence-electron chi connectivity index (χ0n) is 19.2. The minimum atomic E-state index is 0.0378. The molecule has 8 nitrogen and oxygen atoms in total. The Labute approximate surface area is 193 Å². The Morgan fingerprint density at radius 2 is 1.67 bits per heavy atom. The van der Waals surface area contributed by atoms with Crippen LogP contribution >= 0.6 is 0 Å². The SMILES string of the molecule is COCCOc1ccc(C(=O)N2CCC(c3ncnc4cc(OC)c(OC)cc34)CC2)cc1. The van der Waals surface area contributed by atoms with E-state index in [1.54, 1.807) is 27.7 Å². The fourth-order valence-corrected chi connectivity index (χ4v) is 4.20. The zero-order valence-corrected chi connectivity index (χ0v) is 19.2. The molecule has 33 heavy (non-hydrogen) atoms. The number of nitrogens with zero attached hydrogens (tertiary/aromatic N) is 3. The van der Waals surface area contributed by atoms with Crippen LogP contribution in [0.5, 0.6) is 17.2 Å². The molecular formula is C25H29N3O5. The first-order chi connectivity index (χ1) is 16.1. The van der Waals surface area contributed by atoms with Crippen LogP contribution in [-0.4, -0.2) is 68.4 Å². The molecule has 1 aliphatic heterocycles. The van der Waals surface area contributed by atoms with Gasteiger partial charge in [-0.3, -0.25) is 4.79 Å². The number of benzene rings is 2. The number of piperidine rings is 1. The molecule has 0 aliphatic carbocycles. The average molecular weight is 452 g/mol. The molecule has 0 unspecified atom stereocenters. The lowest BCUT2D eigenvalue weighted by Crippen LogP contribution is -2.38. The van der Waals surface area contributed by atoms with Crippen molar-refractivity contribution in [1.82, 2.24) is 14.9 Å². The van der Waals surface area contributed by atoms with Gasteiger partial charge in [0, 0.05) is 43.1 Å². The summed E-state index contributed by atoms with van der Waals surface area (Å²) in [6.07, 6.45) is 3.27. The molecule has 0 spiro atoms. The molecule has 0 N–H and O–H groups in total. The Kier molecular flexibility index (Phi) is 7.24. The van der Waals surface area contributed by atoms with Gasteiger partial charge in [0.05, 0.1) is 32.0 Å². The van der Waals surface area contributed by atoms with Crippen molar-refractivity contribution in [2.75, 3.05) is 47.6 Å². The molecule has 2 aromatic carbocycles. The maximum atomic E-state index is 13.0. The van der Waals surface area contributed by atoms with Crippen molar-refractivity contribution in [1.29, 1.82) is 0 Å². The van der Waals surface area contributed by atoms with Crippen LogP contribution in [0.4, 0.5) is 0 Å². The van der Waals surface area contributed by atoms with Gasteiger partial charge in [-0.05, 0) is 43.2 Å². The van der Waals surface area contributed by atoms with E-state index >= 15 is 0 Å². The molecule has 1 amide bonds. The summed E-state index contributed by atoms with van der Waals surface area (Å²) in [6.45, 7) is 2.36. The molecular weight excluding hydrogens is 422 g/mol. The van der Waals surface area contributed by atoms with E-state index in [0.717, 1.165) is 35.2 Å². The van der Waals surface area contributed by atoms with Crippen LogP contribution in [-0.2, 0) is 4.74 Å². The van der Waals surface area contributed by atoms with E-state index in [0.29, 0.717) is 43.4 Å². The molecule has 1 saturated heterocycles. The van der Waals surface area contributed by atoms with Crippen LogP contribution in [0, 0.1) is 0 Å². The number of hydrogen-bond donors (Lipinski definition) is 0. The van der Waals surface area contributed by atoms with Gasteiger partial charge in [0.1, 0.15) is 18.7 Å². The Bertz CT molecular complexity index is 1100. The summed E-state index contributed by atoms with van der Waals surface area (Å²) in [5.41, 5.74) is 2.48. The van der Waals surface area contributed by atoms with Crippen LogP contribution in [0.3, 0.4) is 0 Å². The van der Waals surface area contributed by atoms with Crippen molar-refractivity contribution in [3.05, 3.63) is 54.0 Å². The monoisotopic (exact) mass is 451 g/mol. The average Bonchev–Trinajstić information content (AvgIpc) is 2.87. The summed E-state index contributed by atoms with van der Waals surface area (Å²) < 4.78 is 21.4. The molecule has 1 aromatic heterocycles. The number of aromatic nitrogens is 2. The van der Waals surface area contributed by atoms with Crippen molar-refractivity contribution < 1.29 is 23.7 Å². The fraction of sp³-hybridized carbons (Fsp3) is 0.400. The topological polar surface area (TPSA) is 83.0 Å². The Morgan fingerprint density at radius 3 is 2.33 bits per heavy atom. The Balaban J connectivity index is 1.43. The number of likely N-dealkylation sites (tertiary alicyclic amines) is 1. The second-order valence-electron chi connectivity index (χ2n) is 7.92. The number of amides is 1. The van der Waals surface area contributed by atoms with Gasteiger partial charge in [0.25, 0.3) is 5.91 Å². The smallest absolute Gasteiger partial charge is 0.253 e. The summed E-state index contributed by atoms with van der Waals surface area (Å²) >= 11 is 0. The number of hydrogen-bond acceptors (Lipinski definition) is 7. The van der Waals surface area contributed by atoms with Crippen LogP contribution in [0.25, 0.3) is 10.9 Å². The minimum absolute atomic E-state index is 0.0378. The lowest BCUT2D eigenvalue weighted by Gasteiger charge is -2.32. The van der Waals surface area contributed by atoms with Crippen LogP contribution in [0.1, 0.15) is 34.8 Å². The second-order valence-corrected chi connectivity index (χ2v) is 7.92. The minimum Gasteiger partial charge on any atom is -0.493 e. The van der Waals surface area contributed by atoms with E-state index in [1.807, 2.05) is 41.3 Å². The van der Waals surface area contributed by atoms with Gasteiger partial charge in [-0.1, -0.05) is 0 Å². The van der Waals surface area contributed by atoms with Gasteiger partial charge in [-0.2, -0.15) is 0 Å². The van der Waals surface area contributed by atoms with E-state index in [-0.39, 0.29) is 11.8 Å². The molecule has 0 radical (unpaired) electrons. The number of carbonyl (C=O) groups excluding carboxylic acids is 1. The third kappa shape index (κ3) is 5.01. The lowest BCUT2D eigenvalue weighted by molar-refractivity contribution is 0.0712.